The fourth-order valence-electron chi connectivity index (χ4n) is 3.12. The van der Waals surface area contributed by atoms with E-state index in [1.807, 2.05) is 6.07 Å². The molecule has 126 valence electrons. The summed E-state index contributed by atoms with van der Waals surface area (Å²) < 4.78 is 0. The second-order valence-electron chi connectivity index (χ2n) is 6.06. The van der Waals surface area contributed by atoms with Gasteiger partial charge in [0, 0.05) is 11.1 Å². The highest BCUT2D eigenvalue weighted by Gasteiger charge is 2.16. The molecule has 0 amide bonds. The van der Waals surface area contributed by atoms with E-state index in [1.54, 1.807) is 0 Å². The predicted molar refractivity (Wildman–Crippen MR) is 105 cm³/mol. The van der Waals surface area contributed by atoms with Gasteiger partial charge in [-0.3, -0.25) is 0 Å². The molecule has 3 N–H and O–H groups in total. The fourth-order valence-corrected chi connectivity index (χ4v) is 3.49. The van der Waals surface area contributed by atoms with Gasteiger partial charge in [0.1, 0.15) is 0 Å². The number of hydrogen-bond donors (Lipinski definition) is 2. The molecule has 1 heterocycles. The summed E-state index contributed by atoms with van der Waals surface area (Å²) in [6.07, 6.45) is 4.09. The first-order chi connectivity index (χ1) is 11.7. The topological polar surface area (TPSA) is 41.8 Å². The maximum Gasteiger partial charge on any atom is 0.0833 e. The van der Waals surface area contributed by atoms with Crippen molar-refractivity contribution >= 4 is 34.1 Å². The number of nitrogens with one attached hydrogen (secondary N) is 1. The van der Waals surface area contributed by atoms with Gasteiger partial charge in [0.15, 0.2) is 0 Å². The third kappa shape index (κ3) is 3.32. The molecule has 24 heavy (non-hydrogen) atoms. The van der Waals surface area contributed by atoms with Crippen molar-refractivity contribution in [2.75, 3.05) is 6.54 Å². The molecule has 0 fully saturated rings. The number of nitrogens with two attached hydrogens (primary N) is 1. The lowest BCUT2D eigenvalue weighted by Gasteiger charge is -2.06. The van der Waals surface area contributed by atoms with Gasteiger partial charge in [0.25, 0.3) is 0 Å². The summed E-state index contributed by atoms with van der Waals surface area (Å²) >= 11 is 12.6. The number of aromatic nitrogens is 1. The molecule has 0 aliphatic rings. The van der Waals surface area contributed by atoms with E-state index in [-0.39, 0.29) is 0 Å². The highest BCUT2D eigenvalue weighted by molar-refractivity contribution is 6.45. The molecule has 0 radical (unpaired) electrons. The largest absolute Gasteiger partial charge is 0.353 e. The Kier molecular flexibility index (Phi) is 5.50. The lowest BCUT2D eigenvalue weighted by molar-refractivity contribution is 0.748. The minimum atomic E-state index is 0.576. The average molecular weight is 361 g/mol. The van der Waals surface area contributed by atoms with E-state index in [4.69, 9.17) is 28.9 Å². The van der Waals surface area contributed by atoms with Crippen LogP contribution >= 0.6 is 23.2 Å². The molecule has 0 aliphatic heterocycles. The first kappa shape index (κ1) is 17.3. The van der Waals surface area contributed by atoms with Crippen molar-refractivity contribution in [1.29, 1.82) is 0 Å². The Morgan fingerprint density at radius 2 is 1.75 bits per heavy atom. The SMILES string of the molecule is CCc1ccc(-c2[nH]c3c(Cl)c(Cl)ccc3c2CCCCN)cc1. The molecule has 0 unspecified atom stereocenters. The third-order valence-corrected chi connectivity index (χ3v) is 5.31. The Hall–Kier alpha value is -1.48. The normalized spacial score (nSPS) is 11.3. The van der Waals surface area contributed by atoms with Crippen LogP contribution in [0.25, 0.3) is 22.2 Å². The van der Waals surface area contributed by atoms with E-state index in [9.17, 15) is 0 Å². The number of benzene rings is 2. The van der Waals surface area contributed by atoms with Crippen LogP contribution in [0.1, 0.15) is 30.9 Å². The van der Waals surface area contributed by atoms with E-state index >= 15 is 0 Å². The summed E-state index contributed by atoms with van der Waals surface area (Å²) in [6, 6.07) is 12.6. The fraction of sp³-hybridized carbons (Fsp3) is 0.300. The summed E-state index contributed by atoms with van der Waals surface area (Å²) in [6.45, 7) is 2.88. The van der Waals surface area contributed by atoms with Crippen LogP contribution in [0.2, 0.25) is 10.0 Å². The number of H-pyrrole nitrogens is 1. The zero-order valence-corrected chi connectivity index (χ0v) is 15.3. The van der Waals surface area contributed by atoms with Crippen molar-refractivity contribution in [3.8, 4) is 11.3 Å². The van der Waals surface area contributed by atoms with E-state index in [0.29, 0.717) is 10.0 Å². The number of hydrogen-bond acceptors (Lipinski definition) is 1. The molecule has 3 rings (SSSR count). The van der Waals surface area contributed by atoms with Gasteiger partial charge in [0.2, 0.25) is 0 Å². The molecule has 0 saturated carbocycles. The van der Waals surface area contributed by atoms with Gasteiger partial charge < -0.3 is 10.7 Å². The van der Waals surface area contributed by atoms with Gasteiger partial charge in [-0.15, -0.1) is 0 Å². The van der Waals surface area contributed by atoms with Crippen molar-refractivity contribution in [3.05, 3.63) is 57.6 Å². The highest BCUT2D eigenvalue weighted by Crippen LogP contribution is 2.37. The van der Waals surface area contributed by atoms with Crippen LogP contribution in [0.5, 0.6) is 0 Å². The summed E-state index contributed by atoms with van der Waals surface area (Å²) in [5, 5.41) is 2.31. The summed E-state index contributed by atoms with van der Waals surface area (Å²) in [5.74, 6) is 0. The van der Waals surface area contributed by atoms with Gasteiger partial charge in [0.05, 0.1) is 15.6 Å². The van der Waals surface area contributed by atoms with Crippen LogP contribution in [0.4, 0.5) is 0 Å². The minimum absolute atomic E-state index is 0.576. The Balaban J connectivity index is 2.13. The summed E-state index contributed by atoms with van der Waals surface area (Å²) in [7, 11) is 0. The smallest absolute Gasteiger partial charge is 0.0833 e. The number of halogens is 2. The molecule has 1 aromatic heterocycles. The number of aryl methyl sites for hydroxylation is 2. The minimum Gasteiger partial charge on any atom is -0.353 e. The van der Waals surface area contributed by atoms with Crippen LogP contribution in [-0.2, 0) is 12.8 Å². The van der Waals surface area contributed by atoms with Crippen molar-refractivity contribution in [2.45, 2.75) is 32.6 Å². The molecule has 4 heteroatoms. The van der Waals surface area contributed by atoms with Crippen LogP contribution in [0.3, 0.4) is 0 Å². The Bertz CT molecular complexity index is 835. The Morgan fingerprint density at radius 1 is 1.00 bits per heavy atom. The molecule has 0 aliphatic carbocycles. The Morgan fingerprint density at radius 3 is 2.42 bits per heavy atom. The highest BCUT2D eigenvalue weighted by atomic mass is 35.5. The van der Waals surface area contributed by atoms with Crippen molar-refractivity contribution in [3.63, 3.8) is 0 Å². The lowest BCUT2D eigenvalue weighted by Crippen LogP contribution is -1.99. The Labute approximate surface area is 153 Å². The summed E-state index contributed by atoms with van der Waals surface area (Å²) in [5.41, 5.74) is 11.5. The van der Waals surface area contributed by atoms with Crippen LogP contribution in [-0.4, -0.2) is 11.5 Å². The molecule has 2 nitrogen and oxygen atoms in total. The lowest BCUT2D eigenvalue weighted by atomic mass is 9.99. The average Bonchev–Trinajstić information content (AvgIpc) is 2.98. The number of unbranched alkanes of at least 4 members (excludes halogenated alkanes) is 1. The van der Waals surface area contributed by atoms with Gasteiger partial charge in [-0.2, -0.15) is 0 Å². The first-order valence-corrected chi connectivity index (χ1v) is 9.19. The molecule has 0 atom stereocenters. The second kappa shape index (κ2) is 7.60. The first-order valence-electron chi connectivity index (χ1n) is 8.43. The van der Waals surface area contributed by atoms with Crippen LogP contribution in [0, 0.1) is 0 Å². The molecule has 0 spiro atoms. The van der Waals surface area contributed by atoms with Gasteiger partial charge in [-0.1, -0.05) is 60.5 Å². The molecule has 0 bridgehead atoms. The molecule has 3 aromatic rings. The second-order valence-corrected chi connectivity index (χ2v) is 6.84. The zero-order chi connectivity index (χ0) is 17.1. The van der Waals surface area contributed by atoms with E-state index < -0.39 is 0 Å². The van der Waals surface area contributed by atoms with Crippen LogP contribution in [0.15, 0.2) is 36.4 Å². The van der Waals surface area contributed by atoms with Gasteiger partial charge >= 0.3 is 0 Å². The third-order valence-electron chi connectivity index (χ3n) is 4.50. The van der Waals surface area contributed by atoms with Gasteiger partial charge in [-0.05, 0) is 55.0 Å². The maximum absolute atomic E-state index is 6.42. The molecular formula is C20H22Cl2N2. The van der Waals surface area contributed by atoms with Crippen molar-refractivity contribution in [2.24, 2.45) is 5.73 Å². The van der Waals surface area contributed by atoms with E-state index in [2.05, 4.69) is 42.2 Å². The van der Waals surface area contributed by atoms with Crippen molar-refractivity contribution < 1.29 is 0 Å². The van der Waals surface area contributed by atoms with Crippen molar-refractivity contribution in [1.82, 2.24) is 4.98 Å². The molecular weight excluding hydrogens is 339 g/mol. The van der Waals surface area contributed by atoms with Gasteiger partial charge in [-0.25, -0.2) is 0 Å². The number of fused-ring (bicyclic) bond motifs is 1. The summed E-state index contributed by atoms with van der Waals surface area (Å²) in [4.78, 5) is 3.51. The predicted octanol–water partition coefficient (Wildman–Crippen LogP) is 5.99. The number of aromatic amines is 1. The molecule has 2 aromatic carbocycles. The maximum atomic E-state index is 6.42. The quantitative estimate of drug-likeness (QED) is 0.521. The van der Waals surface area contributed by atoms with E-state index in [1.165, 1.54) is 16.7 Å². The molecule has 0 saturated heterocycles. The van der Waals surface area contributed by atoms with E-state index in [0.717, 1.165) is 48.8 Å². The van der Waals surface area contributed by atoms with Crippen LogP contribution < -0.4 is 5.73 Å². The standard InChI is InChI=1S/C20H22Cl2N2/c1-2-13-6-8-14(9-7-13)19-15(5-3-4-12-23)16-10-11-17(21)18(22)20(16)24-19/h6-11,24H,2-5,12,23H2,1H3. The monoisotopic (exact) mass is 360 g/mol. The zero-order valence-electron chi connectivity index (χ0n) is 13.8. The number of rotatable bonds is 6.